The van der Waals surface area contributed by atoms with E-state index in [0.717, 1.165) is 6.42 Å². The van der Waals surface area contributed by atoms with E-state index in [1.165, 1.54) is 6.07 Å². The van der Waals surface area contributed by atoms with Gasteiger partial charge in [0.25, 0.3) is 5.95 Å². The maximum Gasteiger partial charge on any atom is 0.281 e. The van der Waals surface area contributed by atoms with E-state index in [2.05, 4.69) is 0 Å². The Morgan fingerprint density at radius 2 is 2.40 bits per heavy atom. The van der Waals surface area contributed by atoms with Gasteiger partial charge in [-0.1, -0.05) is 6.92 Å². The Morgan fingerprint density at radius 1 is 1.70 bits per heavy atom. The summed E-state index contributed by atoms with van der Waals surface area (Å²) in [6.45, 7) is 1.96. The fraction of sp³-hybridized carbons (Fsp3) is 0.429. The lowest BCUT2D eigenvalue weighted by molar-refractivity contribution is 0.309. The molecule has 0 aliphatic heterocycles. The summed E-state index contributed by atoms with van der Waals surface area (Å²) in [6, 6.07) is 3.08. The number of hydrogen-bond donors (Lipinski definition) is 2. The second-order valence-electron chi connectivity index (χ2n) is 2.19. The quantitative estimate of drug-likeness (QED) is 0.654. The maximum atomic E-state index is 8.78. The molecule has 56 valence electrons. The molecular weight excluding hydrogens is 130 g/mol. The molecule has 3 heteroatoms. The standard InChI is InChI=1S/C7H11NO2/c1-2-5(8)6-3-4-7(9)10-6/h3-5,9H,2,8H2,1H3/t5-/m0/s1. The van der Waals surface area contributed by atoms with Gasteiger partial charge in [0.15, 0.2) is 0 Å². The zero-order valence-electron chi connectivity index (χ0n) is 5.87. The van der Waals surface area contributed by atoms with E-state index in [0.29, 0.717) is 5.76 Å². The van der Waals surface area contributed by atoms with Gasteiger partial charge >= 0.3 is 0 Å². The highest BCUT2D eigenvalue weighted by Crippen LogP contribution is 2.20. The minimum atomic E-state index is -0.0964. The Balaban J connectivity index is 2.74. The Bertz CT molecular complexity index is 207. The van der Waals surface area contributed by atoms with Gasteiger partial charge in [0.1, 0.15) is 5.76 Å². The SMILES string of the molecule is CC[C@H](N)c1ccc(O)o1. The average molecular weight is 141 g/mol. The Morgan fingerprint density at radius 3 is 2.80 bits per heavy atom. The number of aromatic hydroxyl groups is 1. The lowest BCUT2D eigenvalue weighted by Gasteiger charge is -2.01. The molecule has 0 fully saturated rings. The summed E-state index contributed by atoms with van der Waals surface area (Å²) in [6.07, 6.45) is 0.812. The van der Waals surface area contributed by atoms with Crippen LogP contribution in [0.5, 0.6) is 5.95 Å². The summed E-state index contributed by atoms with van der Waals surface area (Å²) in [5, 5.41) is 8.78. The molecule has 0 saturated heterocycles. The van der Waals surface area contributed by atoms with Crippen LogP contribution in [0.25, 0.3) is 0 Å². The minimum absolute atomic E-state index is 0.0705. The van der Waals surface area contributed by atoms with Gasteiger partial charge in [0.05, 0.1) is 6.04 Å². The summed E-state index contributed by atoms with van der Waals surface area (Å²) in [5.41, 5.74) is 5.60. The zero-order chi connectivity index (χ0) is 7.56. The molecule has 0 amide bonds. The van der Waals surface area contributed by atoms with E-state index < -0.39 is 0 Å². The normalized spacial score (nSPS) is 13.4. The van der Waals surface area contributed by atoms with Gasteiger partial charge < -0.3 is 15.3 Å². The van der Waals surface area contributed by atoms with Crippen LogP contribution in [0, 0.1) is 0 Å². The molecule has 1 atom stereocenters. The first-order valence-corrected chi connectivity index (χ1v) is 3.28. The Kier molecular flexibility index (Phi) is 1.97. The topological polar surface area (TPSA) is 59.4 Å². The van der Waals surface area contributed by atoms with Crippen LogP contribution in [0.4, 0.5) is 0 Å². The smallest absolute Gasteiger partial charge is 0.281 e. The van der Waals surface area contributed by atoms with Crippen LogP contribution in [0.15, 0.2) is 16.5 Å². The number of rotatable bonds is 2. The predicted octanol–water partition coefficient (Wildman–Crippen LogP) is 1.40. The molecule has 0 aliphatic carbocycles. The molecule has 0 aliphatic rings. The third-order valence-electron chi connectivity index (χ3n) is 1.42. The second kappa shape index (κ2) is 2.75. The van der Waals surface area contributed by atoms with E-state index in [4.69, 9.17) is 15.3 Å². The monoisotopic (exact) mass is 141 g/mol. The second-order valence-corrected chi connectivity index (χ2v) is 2.19. The third-order valence-corrected chi connectivity index (χ3v) is 1.42. The van der Waals surface area contributed by atoms with Gasteiger partial charge in [-0.15, -0.1) is 0 Å². The summed E-state index contributed by atoms with van der Waals surface area (Å²) in [7, 11) is 0. The van der Waals surface area contributed by atoms with Crippen molar-refractivity contribution in [3.05, 3.63) is 17.9 Å². The highest BCUT2D eigenvalue weighted by atomic mass is 16.5. The molecule has 0 spiro atoms. The molecule has 3 N–H and O–H groups in total. The largest absolute Gasteiger partial charge is 0.481 e. The predicted molar refractivity (Wildman–Crippen MR) is 37.6 cm³/mol. The van der Waals surface area contributed by atoms with Gasteiger partial charge in [-0.3, -0.25) is 0 Å². The first-order valence-electron chi connectivity index (χ1n) is 3.28. The van der Waals surface area contributed by atoms with E-state index in [-0.39, 0.29) is 12.0 Å². The first kappa shape index (κ1) is 7.15. The molecule has 1 aromatic heterocycles. The van der Waals surface area contributed by atoms with Crippen LogP contribution in [-0.2, 0) is 0 Å². The van der Waals surface area contributed by atoms with Crippen LogP contribution in [-0.4, -0.2) is 5.11 Å². The highest BCUT2D eigenvalue weighted by molar-refractivity contribution is 5.12. The summed E-state index contributed by atoms with van der Waals surface area (Å²) in [4.78, 5) is 0. The van der Waals surface area contributed by atoms with Crippen molar-refractivity contribution in [2.75, 3.05) is 0 Å². The van der Waals surface area contributed by atoms with Crippen LogP contribution in [0.3, 0.4) is 0 Å². The molecule has 1 rings (SSSR count). The van der Waals surface area contributed by atoms with Gasteiger partial charge in [-0.25, -0.2) is 0 Å². The molecule has 1 heterocycles. The van der Waals surface area contributed by atoms with E-state index >= 15 is 0 Å². The van der Waals surface area contributed by atoms with Crippen LogP contribution in [0.1, 0.15) is 25.1 Å². The van der Waals surface area contributed by atoms with Gasteiger partial charge in [-0.05, 0) is 12.5 Å². The number of furan rings is 1. The average Bonchev–Trinajstić information content (AvgIpc) is 2.34. The Hall–Kier alpha value is -0.960. The van der Waals surface area contributed by atoms with Crippen molar-refractivity contribution in [3.8, 4) is 5.95 Å². The van der Waals surface area contributed by atoms with E-state index in [1.54, 1.807) is 6.07 Å². The number of nitrogens with two attached hydrogens (primary N) is 1. The third kappa shape index (κ3) is 1.30. The Labute approximate surface area is 59.5 Å². The highest BCUT2D eigenvalue weighted by Gasteiger charge is 2.06. The van der Waals surface area contributed by atoms with Crippen LogP contribution in [0.2, 0.25) is 0 Å². The summed E-state index contributed by atoms with van der Waals surface area (Å²) >= 11 is 0. The van der Waals surface area contributed by atoms with Crippen LogP contribution >= 0.6 is 0 Å². The van der Waals surface area contributed by atoms with Gasteiger partial charge in [0, 0.05) is 6.07 Å². The molecule has 0 unspecified atom stereocenters. The minimum Gasteiger partial charge on any atom is -0.481 e. The molecule has 10 heavy (non-hydrogen) atoms. The van der Waals surface area contributed by atoms with Crippen molar-refractivity contribution in [1.29, 1.82) is 0 Å². The number of hydrogen-bond acceptors (Lipinski definition) is 3. The van der Waals surface area contributed by atoms with Crippen molar-refractivity contribution >= 4 is 0 Å². The van der Waals surface area contributed by atoms with Gasteiger partial charge in [0.2, 0.25) is 0 Å². The molecule has 0 saturated carbocycles. The van der Waals surface area contributed by atoms with E-state index in [9.17, 15) is 0 Å². The van der Waals surface area contributed by atoms with Gasteiger partial charge in [-0.2, -0.15) is 0 Å². The molecule has 0 bridgehead atoms. The van der Waals surface area contributed by atoms with Crippen molar-refractivity contribution in [2.45, 2.75) is 19.4 Å². The molecule has 1 aromatic rings. The summed E-state index contributed by atoms with van der Waals surface area (Å²) < 4.78 is 4.87. The fourth-order valence-corrected chi connectivity index (χ4v) is 0.743. The van der Waals surface area contributed by atoms with Crippen molar-refractivity contribution in [2.24, 2.45) is 5.73 Å². The summed E-state index contributed by atoms with van der Waals surface area (Å²) in [5.74, 6) is 0.568. The van der Waals surface area contributed by atoms with Crippen molar-refractivity contribution in [3.63, 3.8) is 0 Å². The molecule has 3 nitrogen and oxygen atoms in total. The molecule has 0 radical (unpaired) electrons. The lowest BCUT2D eigenvalue weighted by Crippen LogP contribution is -2.06. The van der Waals surface area contributed by atoms with Crippen molar-refractivity contribution in [1.82, 2.24) is 0 Å². The van der Waals surface area contributed by atoms with Crippen LogP contribution < -0.4 is 5.73 Å². The lowest BCUT2D eigenvalue weighted by atomic mass is 10.2. The first-order chi connectivity index (χ1) is 4.74. The van der Waals surface area contributed by atoms with E-state index in [1.807, 2.05) is 6.92 Å². The maximum absolute atomic E-state index is 8.78. The van der Waals surface area contributed by atoms with Crippen molar-refractivity contribution < 1.29 is 9.52 Å². The zero-order valence-corrected chi connectivity index (χ0v) is 5.87. The molecule has 0 aromatic carbocycles. The fourth-order valence-electron chi connectivity index (χ4n) is 0.743. The molecular formula is C7H11NO2.